The van der Waals surface area contributed by atoms with Crippen LogP contribution in [0.1, 0.15) is 23.6 Å². The van der Waals surface area contributed by atoms with E-state index in [2.05, 4.69) is 16.5 Å². The third-order valence-electron chi connectivity index (χ3n) is 6.56. The van der Waals surface area contributed by atoms with E-state index in [1.807, 2.05) is 55.5 Å². The zero-order chi connectivity index (χ0) is 24.6. The summed E-state index contributed by atoms with van der Waals surface area (Å²) in [5, 5.41) is 8.84. The lowest BCUT2D eigenvalue weighted by Gasteiger charge is -2.37. The zero-order valence-electron chi connectivity index (χ0n) is 20.1. The number of amides is 2. The van der Waals surface area contributed by atoms with Crippen molar-refractivity contribution >= 4 is 12.2 Å². The van der Waals surface area contributed by atoms with Gasteiger partial charge in [-0.25, -0.2) is 9.80 Å². The number of nitrogens with one attached hydrogen (secondary N) is 1. The number of benzene rings is 3. The number of carbonyl (C=O) groups excluding carboxylic acids is 1. The van der Waals surface area contributed by atoms with Crippen molar-refractivity contribution in [3.05, 3.63) is 71.3 Å². The van der Waals surface area contributed by atoms with Crippen molar-refractivity contribution in [2.24, 2.45) is 5.10 Å². The summed E-state index contributed by atoms with van der Waals surface area (Å²) in [6.45, 7) is 2.24. The molecule has 8 nitrogen and oxygen atoms in total. The Kier molecular flexibility index (Phi) is 5.72. The van der Waals surface area contributed by atoms with Crippen molar-refractivity contribution in [1.29, 1.82) is 0 Å². The van der Waals surface area contributed by atoms with E-state index in [9.17, 15) is 4.79 Å². The Bertz CT molecular complexity index is 1320. The molecule has 1 atom stereocenters. The maximum atomic E-state index is 13.0. The summed E-state index contributed by atoms with van der Waals surface area (Å²) in [4.78, 5) is 13.0. The highest BCUT2D eigenvalue weighted by Crippen LogP contribution is 2.41. The van der Waals surface area contributed by atoms with Crippen molar-refractivity contribution < 1.29 is 23.7 Å². The van der Waals surface area contributed by atoms with Crippen molar-refractivity contribution in [1.82, 2.24) is 10.3 Å². The number of hydrogen-bond acceptors (Lipinski definition) is 6. The van der Waals surface area contributed by atoms with Gasteiger partial charge in [0.15, 0.2) is 23.0 Å². The standard InChI is InChI=1S/C27H27N3O5/c1-27(21-7-5-6-17(10-21)18-8-9-22-25(11-18)35-16-34-22)14-19-12-23(32-3)24(33-4)13-20(19)15-29-30(27)26(31)28-2/h5-13,15H,14,16H2,1-4H3,(H,28,31). The van der Waals surface area contributed by atoms with Crippen molar-refractivity contribution in [2.75, 3.05) is 28.1 Å². The fourth-order valence-electron chi connectivity index (χ4n) is 4.62. The molecule has 2 heterocycles. The molecule has 0 bridgehead atoms. The van der Waals surface area contributed by atoms with Gasteiger partial charge in [-0.05, 0) is 59.5 Å². The summed E-state index contributed by atoms with van der Waals surface area (Å²) in [6, 6.07) is 17.6. The Morgan fingerprint density at radius 3 is 2.51 bits per heavy atom. The Morgan fingerprint density at radius 1 is 1.00 bits per heavy atom. The Labute approximate surface area is 204 Å². The number of hydrazone groups is 1. The molecule has 1 N–H and O–H groups in total. The number of rotatable bonds is 4. The van der Waals surface area contributed by atoms with Crippen LogP contribution in [0.4, 0.5) is 4.79 Å². The monoisotopic (exact) mass is 473 g/mol. The lowest BCUT2D eigenvalue weighted by Crippen LogP contribution is -2.48. The molecule has 1 unspecified atom stereocenters. The van der Waals surface area contributed by atoms with Crippen LogP contribution in [0.25, 0.3) is 11.1 Å². The van der Waals surface area contributed by atoms with Crippen molar-refractivity contribution in [3.63, 3.8) is 0 Å². The van der Waals surface area contributed by atoms with Crippen LogP contribution < -0.4 is 24.3 Å². The Hall–Kier alpha value is -4.20. The van der Waals surface area contributed by atoms with E-state index in [0.717, 1.165) is 39.3 Å². The molecule has 0 saturated carbocycles. The van der Waals surface area contributed by atoms with E-state index in [0.29, 0.717) is 17.9 Å². The predicted molar refractivity (Wildman–Crippen MR) is 132 cm³/mol. The van der Waals surface area contributed by atoms with Gasteiger partial charge in [-0.3, -0.25) is 0 Å². The molecule has 3 aromatic rings. The van der Waals surface area contributed by atoms with E-state index in [4.69, 9.17) is 18.9 Å². The highest BCUT2D eigenvalue weighted by Gasteiger charge is 2.40. The molecular weight excluding hydrogens is 446 g/mol. The highest BCUT2D eigenvalue weighted by atomic mass is 16.7. The molecule has 0 radical (unpaired) electrons. The first-order chi connectivity index (χ1) is 17.0. The number of urea groups is 1. The van der Waals surface area contributed by atoms with Gasteiger partial charge in [-0.1, -0.05) is 24.3 Å². The average Bonchev–Trinajstić information content (AvgIpc) is 3.31. The number of carbonyl (C=O) groups is 1. The summed E-state index contributed by atoms with van der Waals surface area (Å²) in [6.07, 6.45) is 2.21. The van der Waals surface area contributed by atoms with Crippen molar-refractivity contribution in [2.45, 2.75) is 18.9 Å². The lowest BCUT2D eigenvalue weighted by molar-refractivity contribution is 0.128. The van der Waals surface area contributed by atoms with Gasteiger partial charge in [-0.15, -0.1) is 0 Å². The molecule has 8 heteroatoms. The number of nitrogens with zero attached hydrogens (tertiary/aromatic N) is 2. The Balaban J connectivity index is 1.62. The van der Waals surface area contributed by atoms with E-state index in [1.54, 1.807) is 27.5 Å². The first-order valence-corrected chi connectivity index (χ1v) is 11.3. The molecule has 5 rings (SSSR count). The van der Waals surface area contributed by atoms with Crippen LogP contribution in [0.5, 0.6) is 23.0 Å². The average molecular weight is 474 g/mol. The van der Waals surface area contributed by atoms with E-state index < -0.39 is 5.54 Å². The molecule has 0 fully saturated rings. The maximum absolute atomic E-state index is 13.0. The van der Waals surface area contributed by atoms with Gasteiger partial charge in [0.25, 0.3) is 0 Å². The fraction of sp³-hybridized carbons (Fsp3) is 0.259. The van der Waals surface area contributed by atoms with Crippen LogP contribution >= 0.6 is 0 Å². The summed E-state index contributed by atoms with van der Waals surface area (Å²) in [5.74, 6) is 2.70. The molecule has 0 aliphatic carbocycles. The van der Waals surface area contributed by atoms with Crippen molar-refractivity contribution in [3.8, 4) is 34.1 Å². The number of hydrogen-bond donors (Lipinski definition) is 1. The second-order valence-electron chi connectivity index (χ2n) is 8.62. The van der Waals surface area contributed by atoms with Crippen LogP contribution in [0.15, 0.2) is 59.7 Å². The van der Waals surface area contributed by atoms with Crippen LogP contribution in [-0.4, -0.2) is 45.3 Å². The fourth-order valence-corrected chi connectivity index (χ4v) is 4.62. The quantitative estimate of drug-likeness (QED) is 0.601. The van der Waals surface area contributed by atoms with Crippen LogP contribution in [0.2, 0.25) is 0 Å². The topological polar surface area (TPSA) is 81.6 Å². The molecule has 2 aliphatic rings. The SMILES string of the molecule is CNC(=O)N1N=Cc2cc(OC)c(OC)cc2CC1(C)c1cccc(-c2ccc3c(c2)OCO3)c1. The number of methoxy groups -OCH3 is 2. The number of fused-ring (bicyclic) bond motifs is 2. The molecule has 3 aromatic carbocycles. The van der Waals surface area contributed by atoms with Gasteiger partial charge in [0.05, 0.1) is 26.0 Å². The lowest BCUT2D eigenvalue weighted by atomic mass is 9.82. The van der Waals surface area contributed by atoms with Gasteiger partial charge in [0.2, 0.25) is 6.79 Å². The molecule has 35 heavy (non-hydrogen) atoms. The largest absolute Gasteiger partial charge is 0.493 e. The molecular formula is C27H27N3O5. The third-order valence-corrected chi connectivity index (χ3v) is 6.56. The molecule has 2 aliphatic heterocycles. The third kappa shape index (κ3) is 3.90. The zero-order valence-corrected chi connectivity index (χ0v) is 20.1. The van der Waals surface area contributed by atoms with Gasteiger partial charge >= 0.3 is 6.03 Å². The van der Waals surface area contributed by atoms with E-state index in [-0.39, 0.29) is 12.8 Å². The predicted octanol–water partition coefficient (Wildman–Crippen LogP) is 4.55. The molecule has 2 amide bonds. The second-order valence-corrected chi connectivity index (χ2v) is 8.62. The summed E-state index contributed by atoms with van der Waals surface area (Å²) in [7, 11) is 4.81. The minimum absolute atomic E-state index is 0.226. The normalized spacial score (nSPS) is 18.0. The molecule has 0 saturated heterocycles. The van der Waals surface area contributed by atoms with Crippen LogP contribution in [0.3, 0.4) is 0 Å². The smallest absolute Gasteiger partial charge is 0.338 e. The Morgan fingerprint density at radius 2 is 1.74 bits per heavy atom. The van der Waals surface area contributed by atoms with E-state index in [1.165, 1.54) is 5.01 Å². The first kappa shape index (κ1) is 22.6. The van der Waals surface area contributed by atoms with Crippen LogP contribution in [-0.2, 0) is 12.0 Å². The first-order valence-electron chi connectivity index (χ1n) is 11.3. The highest BCUT2D eigenvalue weighted by molar-refractivity contribution is 5.86. The van der Waals surface area contributed by atoms with E-state index >= 15 is 0 Å². The minimum Gasteiger partial charge on any atom is -0.493 e. The maximum Gasteiger partial charge on any atom is 0.338 e. The molecule has 0 aromatic heterocycles. The van der Waals surface area contributed by atoms with Gasteiger partial charge in [0, 0.05) is 19.0 Å². The molecule has 0 spiro atoms. The van der Waals surface area contributed by atoms with Gasteiger partial charge in [0.1, 0.15) is 0 Å². The number of ether oxygens (including phenoxy) is 4. The van der Waals surface area contributed by atoms with Gasteiger partial charge < -0.3 is 24.3 Å². The van der Waals surface area contributed by atoms with Crippen LogP contribution in [0, 0.1) is 0 Å². The van der Waals surface area contributed by atoms with Gasteiger partial charge in [-0.2, -0.15) is 5.10 Å². The molecule has 180 valence electrons. The minimum atomic E-state index is -0.784. The summed E-state index contributed by atoms with van der Waals surface area (Å²) in [5.41, 5.74) is 4.01. The summed E-state index contributed by atoms with van der Waals surface area (Å²) >= 11 is 0. The summed E-state index contributed by atoms with van der Waals surface area (Å²) < 4.78 is 22.0. The second kappa shape index (κ2) is 8.87.